The number of nitrogens with zero attached hydrogens (tertiary/aromatic N) is 3. The van der Waals surface area contributed by atoms with Crippen LogP contribution in [0.15, 0.2) is 29.3 Å². The summed E-state index contributed by atoms with van der Waals surface area (Å²) in [6, 6.07) is 7.03. The minimum atomic E-state index is -3.22. The molecule has 0 aliphatic carbocycles. The first-order valence-electron chi connectivity index (χ1n) is 6.90. The van der Waals surface area contributed by atoms with E-state index in [0.29, 0.717) is 23.9 Å². The number of sulfonamides is 1. The molecule has 0 spiro atoms. The van der Waals surface area contributed by atoms with Gasteiger partial charge >= 0.3 is 0 Å². The lowest BCUT2D eigenvalue weighted by molar-refractivity contribution is 0.476. The molecule has 0 aromatic heterocycles. The molecule has 1 aromatic rings. The van der Waals surface area contributed by atoms with E-state index in [-0.39, 0.29) is 5.75 Å². The zero-order chi connectivity index (χ0) is 16.0. The Morgan fingerprint density at radius 1 is 1.36 bits per heavy atom. The number of hydrogen-bond donors (Lipinski definition) is 1. The predicted molar refractivity (Wildman–Crippen MR) is 89.2 cm³/mol. The molecule has 1 saturated heterocycles. The van der Waals surface area contributed by atoms with Crippen molar-refractivity contribution in [1.29, 1.82) is 5.26 Å². The lowest BCUT2D eigenvalue weighted by Crippen LogP contribution is -2.29. The quantitative estimate of drug-likeness (QED) is 0.393. The summed E-state index contributed by atoms with van der Waals surface area (Å²) in [6.45, 7) is 1.25. The largest absolute Gasteiger partial charge is 0.271 e. The molecule has 0 unspecified atom stereocenters. The number of nitriles is 1. The fourth-order valence-corrected chi connectivity index (χ4v) is 4.18. The first-order valence-corrected chi connectivity index (χ1v) is 9.73. The van der Waals surface area contributed by atoms with E-state index < -0.39 is 10.0 Å². The van der Waals surface area contributed by atoms with E-state index in [1.54, 1.807) is 28.6 Å². The van der Waals surface area contributed by atoms with Crippen molar-refractivity contribution in [1.82, 2.24) is 9.62 Å². The van der Waals surface area contributed by atoms with Gasteiger partial charge in [0.15, 0.2) is 11.4 Å². The van der Waals surface area contributed by atoms with Crippen LogP contribution in [0.1, 0.15) is 18.4 Å². The highest BCUT2D eigenvalue weighted by Crippen LogP contribution is 2.20. The second-order valence-electron chi connectivity index (χ2n) is 4.89. The average Bonchev–Trinajstić information content (AvgIpc) is 3.03. The lowest BCUT2D eigenvalue weighted by Gasteiger charge is -2.15. The van der Waals surface area contributed by atoms with E-state index in [1.807, 2.05) is 12.4 Å². The second kappa shape index (κ2) is 7.63. The van der Waals surface area contributed by atoms with Gasteiger partial charge in [0.25, 0.3) is 0 Å². The summed E-state index contributed by atoms with van der Waals surface area (Å²) in [5.41, 5.74) is 1.42. The molecule has 1 aliphatic heterocycles. The summed E-state index contributed by atoms with van der Waals surface area (Å²) >= 11 is 1.33. The molecule has 2 rings (SSSR count). The van der Waals surface area contributed by atoms with E-state index in [4.69, 9.17) is 5.26 Å². The van der Waals surface area contributed by atoms with Crippen molar-refractivity contribution in [3.63, 3.8) is 0 Å². The average molecular weight is 338 g/mol. The van der Waals surface area contributed by atoms with Gasteiger partial charge in [0.2, 0.25) is 10.0 Å². The van der Waals surface area contributed by atoms with Crippen LogP contribution in [-0.2, 0) is 15.8 Å². The second-order valence-corrected chi connectivity index (χ2v) is 7.65. The molecule has 0 radical (unpaired) electrons. The minimum Gasteiger partial charge on any atom is -0.271 e. The van der Waals surface area contributed by atoms with Crippen molar-refractivity contribution in [2.24, 2.45) is 4.99 Å². The van der Waals surface area contributed by atoms with Crippen LogP contribution in [0.2, 0.25) is 0 Å². The van der Waals surface area contributed by atoms with Gasteiger partial charge in [0, 0.05) is 13.1 Å². The third kappa shape index (κ3) is 4.47. The van der Waals surface area contributed by atoms with Gasteiger partial charge in [-0.2, -0.15) is 5.26 Å². The fraction of sp³-hybridized carbons (Fsp3) is 0.429. The standard InChI is InChI=1S/C14H18N4O2S2/c1-21-14(16-11-15)17-13-6-4-12(5-7-13)10-22(19,20)18-8-2-3-9-18/h4-7H,2-3,8-10H2,1H3,(H,16,17). The summed E-state index contributed by atoms with van der Waals surface area (Å²) in [5.74, 6) is 0.0167. The van der Waals surface area contributed by atoms with Gasteiger partial charge in [-0.15, -0.1) is 0 Å². The lowest BCUT2D eigenvalue weighted by atomic mass is 10.2. The Hall–Kier alpha value is -1.56. The van der Waals surface area contributed by atoms with Crippen LogP contribution in [0.4, 0.5) is 5.69 Å². The SMILES string of the molecule is CSC(=Nc1ccc(CS(=O)(=O)N2CCCC2)cc1)NC#N. The molecule has 0 amide bonds. The molecule has 1 fully saturated rings. The van der Waals surface area contributed by atoms with Crippen LogP contribution >= 0.6 is 11.8 Å². The number of amidine groups is 1. The van der Waals surface area contributed by atoms with Crippen LogP contribution in [-0.4, -0.2) is 37.2 Å². The van der Waals surface area contributed by atoms with E-state index in [9.17, 15) is 8.42 Å². The Morgan fingerprint density at radius 2 is 2.00 bits per heavy atom. The van der Waals surface area contributed by atoms with Crippen LogP contribution in [0.25, 0.3) is 0 Å². The third-order valence-corrected chi connectivity index (χ3v) is 5.76. The van der Waals surface area contributed by atoms with Crippen LogP contribution in [0, 0.1) is 11.5 Å². The maximum atomic E-state index is 12.2. The van der Waals surface area contributed by atoms with Gasteiger partial charge in [-0.1, -0.05) is 23.9 Å². The van der Waals surface area contributed by atoms with Gasteiger partial charge in [0.05, 0.1) is 11.4 Å². The fourth-order valence-electron chi connectivity index (χ4n) is 2.22. The van der Waals surface area contributed by atoms with Gasteiger partial charge in [-0.05, 0) is 36.8 Å². The maximum Gasteiger partial charge on any atom is 0.218 e. The first-order chi connectivity index (χ1) is 10.5. The van der Waals surface area contributed by atoms with Crippen LogP contribution in [0.3, 0.4) is 0 Å². The van der Waals surface area contributed by atoms with Crippen molar-refractivity contribution in [2.45, 2.75) is 18.6 Å². The smallest absolute Gasteiger partial charge is 0.218 e. The number of benzene rings is 1. The summed E-state index contributed by atoms with van der Waals surface area (Å²) in [6.07, 6.45) is 5.53. The van der Waals surface area contributed by atoms with Crippen LogP contribution < -0.4 is 5.32 Å². The van der Waals surface area contributed by atoms with E-state index in [1.165, 1.54) is 11.8 Å². The number of nitrogens with one attached hydrogen (secondary N) is 1. The highest BCUT2D eigenvalue weighted by atomic mass is 32.2. The third-order valence-electron chi connectivity index (χ3n) is 3.33. The normalized spacial score (nSPS) is 16.5. The van der Waals surface area contributed by atoms with Crippen LogP contribution in [0.5, 0.6) is 0 Å². The highest BCUT2D eigenvalue weighted by Gasteiger charge is 2.25. The Labute approximate surface area is 135 Å². The highest BCUT2D eigenvalue weighted by molar-refractivity contribution is 8.13. The van der Waals surface area contributed by atoms with Crippen molar-refractivity contribution >= 4 is 32.6 Å². The molecular weight excluding hydrogens is 320 g/mol. The zero-order valence-corrected chi connectivity index (χ0v) is 14.0. The molecule has 1 N–H and O–H groups in total. The molecule has 1 aromatic carbocycles. The Kier molecular flexibility index (Phi) is 5.83. The Morgan fingerprint density at radius 3 is 2.55 bits per heavy atom. The summed E-state index contributed by atoms with van der Waals surface area (Å²) in [5, 5.41) is 11.6. The van der Waals surface area contributed by atoms with E-state index in [0.717, 1.165) is 18.4 Å². The molecule has 22 heavy (non-hydrogen) atoms. The number of hydrogen-bond acceptors (Lipinski definition) is 5. The summed E-state index contributed by atoms with van der Waals surface area (Å²) in [4.78, 5) is 4.27. The summed E-state index contributed by atoms with van der Waals surface area (Å²) < 4.78 is 26.0. The van der Waals surface area contributed by atoms with Crippen molar-refractivity contribution in [2.75, 3.05) is 19.3 Å². The molecule has 0 saturated carbocycles. The zero-order valence-electron chi connectivity index (χ0n) is 12.3. The molecule has 1 heterocycles. The number of aliphatic imine (C=N–C) groups is 1. The first kappa shape index (κ1) is 16.8. The van der Waals surface area contributed by atoms with Gasteiger partial charge in [-0.25, -0.2) is 17.7 Å². The van der Waals surface area contributed by atoms with E-state index >= 15 is 0 Å². The summed E-state index contributed by atoms with van der Waals surface area (Å²) in [7, 11) is -3.22. The molecule has 1 aliphatic rings. The van der Waals surface area contributed by atoms with Crippen molar-refractivity contribution < 1.29 is 8.42 Å². The van der Waals surface area contributed by atoms with Gasteiger partial charge < -0.3 is 0 Å². The monoisotopic (exact) mass is 338 g/mol. The van der Waals surface area contributed by atoms with E-state index in [2.05, 4.69) is 10.3 Å². The maximum absolute atomic E-state index is 12.2. The van der Waals surface area contributed by atoms with Crippen molar-refractivity contribution in [3.8, 4) is 6.19 Å². The minimum absolute atomic E-state index is 0.0167. The van der Waals surface area contributed by atoms with Gasteiger partial charge in [0.1, 0.15) is 0 Å². The molecule has 8 heteroatoms. The topological polar surface area (TPSA) is 85.6 Å². The molecule has 0 atom stereocenters. The van der Waals surface area contributed by atoms with Crippen molar-refractivity contribution in [3.05, 3.63) is 29.8 Å². The molecule has 0 bridgehead atoms. The van der Waals surface area contributed by atoms with Gasteiger partial charge in [-0.3, -0.25) is 5.32 Å². The predicted octanol–water partition coefficient (Wildman–Crippen LogP) is 2.03. The Bertz CT molecular complexity index is 672. The Balaban J connectivity index is 2.07. The molecule has 118 valence electrons. The molecule has 6 nitrogen and oxygen atoms in total. The molecular formula is C14H18N4O2S2. The number of thioether (sulfide) groups is 1. The number of rotatable bonds is 4.